The number of fused-ring (bicyclic) bond motifs is 1. The predicted molar refractivity (Wildman–Crippen MR) is 107 cm³/mol. The molecule has 0 bridgehead atoms. The van der Waals surface area contributed by atoms with Gasteiger partial charge in [0.15, 0.2) is 0 Å². The lowest BCUT2D eigenvalue weighted by Crippen LogP contribution is -2.05. The third-order valence-corrected chi connectivity index (χ3v) is 4.41. The third kappa shape index (κ3) is 3.64. The molecule has 0 aliphatic heterocycles. The lowest BCUT2D eigenvalue weighted by Gasteiger charge is -2.11. The first-order chi connectivity index (χ1) is 12.5. The number of esters is 1. The topological polar surface area (TPSA) is 43.3 Å². The minimum absolute atomic E-state index is 0.332. The van der Waals surface area contributed by atoms with Crippen LogP contribution in [0.2, 0.25) is 0 Å². The number of carbonyl (C=O) groups is 1. The molecule has 0 unspecified atom stereocenters. The summed E-state index contributed by atoms with van der Waals surface area (Å²) in [6.07, 6.45) is 1.48. The number of ether oxygens (including phenoxy) is 1. The smallest absolute Gasteiger partial charge is 0.332 e. The maximum Gasteiger partial charge on any atom is 0.332 e. The number of hydrogen-bond acceptors (Lipinski definition) is 3. The second kappa shape index (κ2) is 7.48. The molecule has 0 radical (unpaired) electrons. The molecular formula is C22H24N2O2. The molecule has 3 aromatic rings. The summed E-state index contributed by atoms with van der Waals surface area (Å²) in [4.78, 5) is 11.6. The second-order valence-corrected chi connectivity index (χ2v) is 6.38. The van der Waals surface area contributed by atoms with Gasteiger partial charge in [-0.3, -0.25) is 0 Å². The molecule has 0 amide bonds. The van der Waals surface area contributed by atoms with E-state index in [1.165, 1.54) is 22.7 Å². The fourth-order valence-electron chi connectivity index (χ4n) is 3.13. The number of benzene rings is 2. The number of anilines is 1. The summed E-state index contributed by atoms with van der Waals surface area (Å²) in [6, 6.07) is 16.9. The van der Waals surface area contributed by atoms with E-state index in [0.29, 0.717) is 6.61 Å². The summed E-state index contributed by atoms with van der Waals surface area (Å²) >= 11 is 0. The van der Waals surface area contributed by atoms with Gasteiger partial charge in [-0.25, -0.2) is 4.79 Å². The minimum Gasteiger partial charge on any atom is -0.463 e. The van der Waals surface area contributed by atoms with Gasteiger partial charge >= 0.3 is 5.97 Å². The first-order valence-corrected chi connectivity index (χ1v) is 8.77. The summed E-state index contributed by atoms with van der Waals surface area (Å²) < 4.78 is 7.16. The van der Waals surface area contributed by atoms with Crippen LogP contribution in [0.4, 0.5) is 5.69 Å². The summed E-state index contributed by atoms with van der Waals surface area (Å²) in [7, 11) is 2.07. The van der Waals surface area contributed by atoms with E-state index < -0.39 is 0 Å². The van der Waals surface area contributed by atoms with E-state index in [1.807, 2.05) is 13.0 Å². The van der Waals surface area contributed by atoms with Crippen molar-refractivity contribution in [3.8, 4) is 11.3 Å². The standard InChI is InChI=1S/C22H24N2O2/c1-5-26-22(25)12-16(3)23-19-14-21-18(11-15(19)2)13-20(24(21)4)17-9-7-6-8-10-17/h6-14,23H,5H2,1-4H3. The number of hydrogen-bond donors (Lipinski definition) is 1. The number of rotatable bonds is 5. The minimum atomic E-state index is -0.332. The second-order valence-electron chi connectivity index (χ2n) is 6.38. The average molecular weight is 348 g/mol. The van der Waals surface area contributed by atoms with Crippen molar-refractivity contribution in [3.05, 3.63) is 65.9 Å². The lowest BCUT2D eigenvalue weighted by molar-refractivity contribution is -0.137. The quantitative estimate of drug-likeness (QED) is 0.519. The van der Waals surface area contributed by atoms with Crippen molar-refractivity contribution in [2.75, 3.05) is 11.9 Å². The molecule has 4 heteroatoms. The fourth-order valence-corrected chi connectivity index (χ4v) is 3.13. The van der Waals surface area contributed by atoms with Crippen molar-refractivity contribution in [2.24, 2.45) is 7.05 Å². The maximum absolute atomic E-state index is 11.6. The van der Waals surface area contributed by atoms with Crippen LogP contribution in [0.5, 0.6) is 0 Å². The normalized spacial score (nSPS) is 11.6. The summed E-state index contributed by atoms with van der Waals surface area (Å²) in [5.41, 5.74) is 6.37. The van der Waals surface area contributed by atoms with E-state index in [1.54, 1.807) is 6.92 Å². The van der Waals surface area contributed by atoms with E-state index in [-0.39, 0.29) is 5.97 Å². The Balaban J connectivity index is 1.97. The lowest BCUT2D eigenvalue weighted by atomic mass is 10.1. The summed E-state index contributed by atoms with van der Waals surface area (Å²) in [5, 5.41) is 4.51. The van der Waals surface area contributed by atoms with Crippen LogP contribution in [0.3, 0.4) is 0 Å². The van der Waals surface area contributed by atoms with Crippen LogP contribution in [0.1, 0.15) is 19.4 Å². The highest BCUT2D eigenvalue weighted by atomic mass is 16.5. The first-order valence-electron chi connectivity index (χ1n) is 8.77. The van der Waals surface area contributed by atoms with Crippen molar-refractivity contribution >= 4 is 22.6 Å². The van der Waals surface area contributed by atoms with Crippen LogP contribution >= 0.6 is 0 Å². The molecule has 1 aromatic heterocycles. The number of allylic oxidation sites excluding steroid dienone is 1. The molecule has 134 valence electrons. The number of nitrogens with one attached hydrogen (secondary N) is 1. The van der Waals surface area contributed by atoms with E-state index in [9.17, 15) is 4.79 Å². The fraction of sp³-hybridized carbons (Fsp3) is 0.227. The zero-order valence-corrected chi connectivity index (χ0v) is 15.7. The molecule has 1 N–H and O–H groups in total. The Morgan fingerprint density at radius 1 is 1.19 bits per heavy atom. The van der Waals surface area contributed by atoms with Crippen LogP contribution in [0, 0.1) is 6.92 Å². The SMILES string of the molecule is CCOC(=O)C=C(C)Nc1cc2c(cc1C)cc(-c1ccccc1)n2C. The van der Waals surface area contributed by atoms with Crippen molar-refractivity contribution in [1.29, 1.82) is 0 Å². The molecule has 0 aliphatic carbocycles. The van der Waals surface area contributed by atoms with Crippen molar-refractivity contribution in [1.82, 2.24) is 4.57 Å². The van der Waals surface area contributed by atoms with Crippen LogP contribution in [-0.4, -0.2) is 17.1 Å². The highest BCUT2D eigenvalue weighted by molar-refractivity contribution is 5.91. The molecule has 0 spiro atoms. The Bertz CT molecular complexity index is 969. The van der Waals surface area contributed by atoms with Gasteiger partial charge in [0.25, 0.3) is 0 Å². The summed E-state index contributed by atoms with van der Waals surface area (Å²) in [6.45, 7) is 6.10. The Morgan fingerprint density at radius 3 is 2.62 bits per heavy atom. The van der Waals surface area contributed by atoms with Gasteiger partial charge in [0.2, 0.25) is 0 Å². The molecule has 3 rings (SSSR count). The van der Waals surface area contributed by atoms with Gasteiger partial charge in [0.05, 0.1) is 12.1 Å². The van der Waals surface area contributed by atoms with Gasteiger partial charge in [-0.15, -0.1) is 0 Å². The van der Waals surface area contributed by atoms with Gasteiger partial charge in [-0.2, -0.15) is 0 Å². The van der Waals surface area contributed by atoms with E-state index >= 15 is 0 Å². The Kier molecular flexibility index (Phi) is 5.12. The van der Waals surface area contributed by atoms with E-state index in [0.717, 1.165) is 22.5 Å². The van der Waals surface area contributed by atoms with Gasteiger partial charge < -0.3 is 14.6 Å². The molecule has 4 nitrogen and oxygen atoms in total. The number of aromatic nitrogens is 1. The number of carbonyl (C=O) groups excluding carboxylic acids is 1. The zero-order valence-electron chi connectivity index (χ0n) is 15.7. The van der Waals surface area contributed by atoms with Crippen LogP contribution < -0.4 is 5.32 Å². The Hall–Kier alpha value is -3.01. The third-order valence-electron chi connectivity index (χ3n) is 4.41. The van der Waals surface area contributed by atoms with Crippen LogP contribution in [-0.2, 0) is 16.6 Å². The van der Waals surface area contributed by atoms with Gasteiger partial charge in [-0.1, -0.05) is 30.3 Å². The van der Waals surface area contributed by atoms with Gasteiger partial charge in [-0.05, 0) is 50.1 Å². The predicted octanol–water partition coefficient (Wildman–Crippen LogP) is 5.03. The zero-order chi connectivity index (χ0) is 18.7. The van der Waals surface area contributed by atoms with Gasteiger partial charge in [0.1, 0.15) is 0 Å². The molecule has 0 fully saturated rings. The molecule has 2 aromatic carbocycles. The first kappa shape index (κ1) is 17.8. The molecule has 0 aliphatic rings. The van der Waals surface area contributed by atoms with E-state index in [4.69, 9.17) is 4.74 Å². The Morgan fingerprint density at radius 2 is 1.92 bits per heavy atom. The number of nitrogens with zero attached hydrogens (tertiary/aromatic N) is 1. The largest absolute Gasteiger partial charge is 0.463 e. The molecular weight excluding hydrogens is 324 g/mol. The summed E-state index contributed by atoms with van der Waals surface area (Å²) in [5.74, 6) is -0.332. The molecule has 0 atom stereocenters. The molecule has 0 saturated carbocycles. The van der Waals surface area contributed by atoms with Crippen molar-refractivity contribution < 1.29 is 9.53 Å². The van der Waals surface area contributed by atoms with Gasteiger partial charge in [0, 0.05) is 35.6 Å². The van der Waals surface area contributed by atoms with E-state index in [2.05, 4.69) is 66.3 Å². The van der Waals surface area contributed by atoms with Crippen LogP contribution in [0.25, 0.3) is 22.2 Å². The average Bonchev–Trinajstić information content (AvgIpc) is 2.92. The molecule has 0 saturated heterocycles. The Labute approximate surface area is 154 Å². The van der Waals surface area contributed by atoms with Crippen molar-refractivity contribution in [2.45, 2.75) is 20.8 Å². The van der Waals surface area contributed by atoms with Crippen molar-refractivity contribution in [3.63, 3.8) is 0 Å². The monoisotopic (exact) mass is 348 g/mol. The highest BCUT2D eigenvalue weighted by Gasteiger charge is 2.11. The van der Waals surface area contributed by atoms with Crippen LogP contribution in [0.15, 0.2) is 60.3 Å². The number of aryl methyl sites for hydroxylation is 2. The highest BCUT2D eigenvalue weighted by Crippen LogP contribution is 2.31. The maximum atomic E-state index is 11.6. The molecule has 26 heavy (non-hydrogen) atoms. The molecule has 1 heterocycles.